The van der Waals surface area contributed by atoms with Crippen LogP contribution in [-0.2, 0) is 11.3 Å². The van der Waals surface area contributed by atoms with Gasteiger partial charge in [0.25, 0.3) is 0 Å². The second kappa shape index (κ2) is 9.48. The molecule has 0 aliphatic heterocycles. The zero-order valence-electron chi connectivity index (χ0n) is 18.6. The molecule has 2 N–H and O–H groups in total. The Bertz CT molecular complexity index is 1340. The van der Waals surface area contributed by atoms with Crippen LogP contribution in [0.15, 0.2) is 71.7 Å². The number of aromatic amines is 1. The zero-order valence-corrected chi connectivity index (χ0v) is 19.3. The molecule has 0 aliphatic carbocycles. The number of fused-ring (bicyclic) bond motifs is 1. The fourth-order valence-electron chi connectivity index (χ4n) is 3.73. The number of carbonyl (C=O) groups excluding carboxylic acids is 1. The highest BCUT2D eigenvalue weighted by molar-refractivity contribution is 6.31. The van der Waals surface area contributed by atoms with Gasteiger partial charge in [-0.2, -0.15) is 0 Å². The number of carbonyl (C=O) groups is 1. The van der Waals surface area contributed by atoms with Crippen LogP contribution in [0.25, 0.3) is 10.9 Å². The summed E-state index contributed by atoms with van der Waals surface area (Å²) in [5, 5.41) is 12.2. The Labute approximate surface area is 197 Å². The summed E-state index contributed by atoms with van der Waals surface area (Å²) in [4.78, 5) is 21.8. The minimum Gasteiger partial charge on any atom is -0.494 e. The summed E-state index contributed by atoms with van der Waals surface area (Å²) in [6, 6.07) is 20.4. The lowest BCUT2D eigenvalue weighted by atomic mass is 10.00. The molecule has 0 saturated carbocycles. The lowest BCUT2D eigenvalue weighted by molar-refractivity contribution is 0.0601. The molecule has 0 aliphatic rings. The Morgan fingerprint density at radius 2 is 1.82 bits per heavy atom. The highest BCUT2D eigenvalue weighted by atomic mass is 35.5. The molecule has 0 bridgehead atoms. The molecule has 168 valence electrons. The molecule has 0 fully saturated rings. The first-order valence-corrected chi connectivity index (χ1v) is 10.8. The van der Waals surface area contributed by atoms with Gasteiger partial charge in [-0.05, 0) is 43.9 Å². The van der Waals surface area contributed by atoms with E-state index in [0.717, 1.165) is 23.1 Å². The second-order valence-electron chi connectivity index (χ2n) is 7.94. The average Bonchev–Trinajstić information content (AvgIpc) is 3.13. The van der Waals surface area contributed by atoms with Crippen molar-refractivity contribution < 1.29 is 14.6 Å². The Balaban J connectivity index is 1.88. The van der Waals surface area contributed by atoms with Crippen LogP contribution in [-0.4, -0.2) is 47.9 Å². The lowest BCUT2D eigenvalue weighted by Crippen LogP contribution is -2.10. The highest BCUT2D eigenvalue weighted by Crippen LogP contribution is 2.33. The van der Waals surface area contributed by atoms with Gasteiger partial charge in [-0.15, -0.1) is 0 Å². The molecule has 4 aromatic rings. The van der Waals surface area contributed by atoms with Gasteiger partial charge in [-0.25, -0.2) is 9.79 Å². The molecule has 0 amide bonds. The Morgan fingerprint density at radius 3 is 2.48 bits per heavy atom. The van der Waals surface area contributed by atoms with Crippen molar-refractivity contribution in [3.63, 3.8) is 0 Å². The van der Waals surface area contributed by atoms with Gasteiger partial charge in [0.2, 0.25) is 0 Å². The third-order valence-corrected chi connectivity index (χ3v) is 5.60. The van der Waals surface area contributed by atoms with E-state index in [-0.39, 0.29) is 5.88 Å². The Morgan fingerprint density at radius 1 is 1.06 bits per heavy atom. The summed E-state index contributed by atoms with van der Waals surface area (Å²) in [5.41, 5.74) is 4.63. The normalized spacial score (nSPS) is 11.8. The summed E-state index contributed by atoms with van der Waals surface area (Å²) in [6.07, 6.45) is 0. The van der Waals surface area contributed by atoms with Gasteiger partial charge >= 0.3 is 5.97 Å². The Hall–Kier alpha value is -3.61. The van der Waals surface area contributed by atoms with E-state index in [0.29, 0.717) is 33.1 Å². The third kappa shape index (κ3) is 4.77. The molecule has 4 rings (SSSR count). The number of hydrogen-bond donors (Lipinski definition) is 2. The van der Waals surface area contributed by atoms with E-state index in [9.17, 15) is 9.90 Å². The number of H-pyrrole nitrogens is 1. The van der Waals surface area contributed by atoms with Crippen molar-refractivity contribution >= 4 is 39.9 Å². The minimum absolute atomic E-state index is 0.0371. The van der Waals surface area contributed by atoms with Gasteiger partial charge in [0.1, 0.15) is 0 Å². The van der Waals surface area contributed by atoms with E-state index in [1.165, 1.54) is 7.11 Å². The fourth-order valence-corrected chi connectivity index (χ4v) is 3.97. The van der Waals surface area contributed by atoms with Crippen molar-refractivity contribution in [2.45, 2.75) is 6.54 Å². The maximum atomic E-state index is 11.9. The van der Waals surface area contributed by atoms with Crippen LogP contribution in [0.3, 0.4) is 0 Å². The van der Waals surface area contributed by atoms with Crippen LogP contribution in [0.5, 0.6) is 5.88 Å². The largest absolute Gasteiger partial charge is 0.494 e. The van der Waals surface area contributed by atoms with E-state index in [1.807, 2.05) is 67.5 Å². The number of nitrogens with one attached hydrogen (secondary N) is 1. The number of rotatable bonds is 6. The molecular formula is C26H24ClN3O3. The smallest absolute Gasteiger partial charge is 0.337 e. The van der Waals surface area contributed by atoms with E-state index >= 15 is 0 Å². The quantitative estimate of drug-likeness (QED) is 0.292. The first-order chi connectivity index (χ1) is 15.9. The average molecular weight is 462 g/mol. The minimum atomic E-state index is -0.447. The lowest BCUT2D eigenvalue weighted by Gasteiger charge is -2.12. The number of benzene rings is 3. The predicted octanol–water partition coefficient (Wildman–Crippen LogP) is 5.54. The number of hydrogen-bond acceptors (Lipinski definition) is 5. The molecule has 0 unspecified atom stereocenters. The van der Waals surface area contributed by atoms with E-state index in [1.54, 1.807) is 18.2 Å². The summed E-state index contributed by atoms with van der Waals surface area (Å²) < 4.78 is 4.81. The van der Waals surface area contributed by atoms with Gasteiger partial charge in [-0.1, -0.05) is 54.1 Å². The van der Waals surface area contributed by atoms with E-state index in [2.05, 4.69) is 4.98 Å². The number of halogens is 1. The monoisotopic (exact) mass is 461 g/mol. The molecule has 1 heterocycles. The molecular weight excluding hydrogens is 438 g/mol. The third-order valence-electron chi connectivity index (χ3n) is 5.25. The summed E-state index contributed by atoms with van der Waals surface area (Å²) in [6.45, 7) is 0.722. The van der Waals surface area contributed by atoms with Gasteiger partial charge in [0.05, 0.1) is 29.6 Å². The molecule has 6 nitrogen and oxygen atoms in total. The standard InChI is InChI=1S/C26H24ClN3O3/c1-30(2)15-18-9-11-19(14-21(18)27)28-24(16-7-5-4-6-8-16)23-20-12-10-17(26(32)33-3)13-22(20)29-25(23)31/h4-14,29,31H,15H2,1-3H3. The van der Waals surface area contributed by atoms with Gasteiger partial charge in [0.15, 0.2) is 5.88 Å². The molecule has 0 radical (unpaired) electrons. The number of methoxy groups -OCH3 is 1. The fraction of sp³-hybridized carbons (Fsp3) is 0.154. The number of nitrogens with zero attached hydrogens (tertiary/aromatic N) is 2. The SMILES string of the molecule is COC(=O)c1ccc2c(C(=Nc3ccc(CN(C)C)c(Cl)c3)c3ccccc3)c(O)[nH]c2c1. The first kappa shape index (κ1) is 22.6. The maximum absolute atomic E-state index is 11.9. The summed E-state index contributed by atoms with van der Waals surface area (Å²) >= 11 is 6.52. The molecule has 0 spiro atoms. The van der Waals surface area contributed by atoms with Crippen molar-refractivity contribution in [3.05, 3.63) is 94.0 Å². The topological polar surface area (TPSA) is 77.9 Å². The van der Waals surface area contributed by atoms with Crippen LogP contribution in [0.2, 0.25) is 5.02 Å². The van der Waals surface area contributed by atoms with Gasteiger partial charge in [0, 0.05) is 28.0 Å². The van der Waals surface area contributed by atoms with Crippen molar-refractivity contribution in [3.8, 4) is 5.88 Å². The van der Waals surface area contributed by atoms with Crippen LogP contribution in [0, 0.1) is 0 Å². The molecule has 7 heteroatoms. The highest BCUT2D eigenvalue weighted by Gasteiger charge is 2.20. The molecule has 1 aromatic heterocycles. The number of ether oxygens (including phenoxy) is 1. The second-order valence-corrected chi connectivity index (χ2v) is 8.35. The van der Waals surface area contributed by atoms with Crippen molar-refractivity contribution in [2.24, 2.45) is 4.99 Å². The van der Waals surface area contributed by atoms with Crippen LogP contribution >= 0.6 is 11.6 Å². The van der Waals surface area contributed by atoms with Crippen molar-refractivity contribution in [1.82, 2.24) is 9.88 Å². The van der Waals surface area contributed by atoms with Crippen LogP contribution < -0.4 is 0 Å². The molecule has 0 atom stereocenters. The Kier molecular flexibility index (Phi) is 6.49. The number of aromatic hydroxyl groups is 1. The maximum Gasteiger partial charge on any atom is 0.337 e. The molecule has 0 saturated heterocycles. The number of aliphatic imine (C=N–C) groups is 1. The van der Waals surface area contributed by atoms with E-state index in [4.69, 9.17) is 21.3 Å². The summed E-state index contributed by atoms with van der Waals surface area (Å²) in [7, 11) is 5.31. The first-order valence-electron chi connectivity index (χ1n) is 10.4. The number of aromatic nitrogens is 1. The molecule has 33 heavy (non-hydrogen) atoms. The molecule has 3 aromatic carbocycles. The van der Waals surface area contributed by atoms with Gasteiger partial charge < -0.3 is 19.7 Å². The van der Waals surface area contributed by atoms with Crippen LogP contribution in [0.4, 0.5) is 5.69 Å². The van der Waals surface area contributed by atoms with Crippen molar-refractivity contribution in [1.29, 1.82) is 0 Å². The van der Waals surface area contributed by atoms with Crippen LogP contribution in [0.1, 0.15) is 27.0 Å². The van der Waals surface area contributed by atoms with E-state index < -0.39 is 5.97 Å². The van der Waals surface area contributed by atoms with Gasteiger partial charge in [-0.3, -0.25) is 0 Å². The predicted molar refractivity (Wildman–Crippen MR) is 132 cm³/mol. The zero-order chi connectivity index (χ0) is 23.5. The van der Waals surface area contributed by atoms with Crippen molar-refractivity contribution in [2.75, 3.05) is 21.2 Å². The summed E-state index contributed by atoms with van der Waals surface area (Å²) in [5.74, 6) is -0.484. The number of esters is 1.